The number of hydrogen-bond donors (Lipinski definition) is 0. The Kier molecular flexibility index (Phi) is 8.26. The van der Waals surface area contributed by atoms with E-state index in [9.17, 15) is 4.79 Å². The van der Waals surface area contributed by atoms with Crippen LogP contribution < -0.4 is 14.5 Å². The number of carbonyl (C=O) groups is 1. The Balaban J connectivity index is 1.43. The van der Waals surface area contributed by atoms with Gasteiger partial charge in [0.15, 0.2) is 0 Å². The quantitative estimate of drug-likeness (QED) is 0.240. The molecule has 0 saturated heterocycles. The van der Waals surface area contributed by atoms with Crippen LogP contribution in [0.1, 0.15) is 37.7 Å². The molecule has 1 aliphatic rings. The van der Waals surface area contributed by atoms with Crippen LogP contribution in [-0.2, 0) is 11.3 Å². The number of methoxy groups -OCH3 is 1. The Morgan fingerprint density at radius 1 is 0.821 bits per heavy atom. The zero-order valence-corrected chi connectivity index (χ0v) is 23.1. The van der Waals surface area contributed by atoms with Gasteiger partial charge in [0.25, 0.3) is 0 Å². The zero-order valence-electron chi connectivity index (χ0n) is 23.1. The van der Waals surface area contributed by atoms with Crippen molar-refractivity contribution in [1.82, 2.24) is 4.98 Å². The summed E-state index contributed by atoms with van der Waals surface area (Å²) in [5.74, 6) is 1.05. The maximum Gasteiger partial charge on any atom is 0.230 e. The van der Waals surface area contributed by atoms with Gasteiger partial charge in [0.2, 0.25) is 5.91 Å². The second-order valence-corrected chi connectivity index (χ2v) is 10.5. The lowest BCUT2D eigenvalue weighted by atomic mass is 9.88. The molecule has 1 amide bonds. The minimum atomic E-state index is 0.0758. The van der Waals surface area contributed by atoms with Gasteiger partial charge in [-0.2, -0.15) is 0 Å². The second-order valence-electron chi connectivity index (χ2n) is 10.5. The minimum absolute atomic E-state index is 0.0758. The molecular formula is C34H37N3O2. The van der Waals surface area contributed by atoms with Crippen LogP contribution in [0.15, 0.2) is 91.1 Å². The van der Waals surface area contributed by atoms with Crippen LogP contribution in [0.5, 0.6) is 5.75 Å². The van der Waals surface area contributed by atoms with Crippen molar-refractivity contribution in [2.45, 2.75) is 38.6 Å². The summed E-state index contributed by atoms with van der Waals surface area (Å²) in [6, 6.07) is 29.1. The van der Waals surface area contributed by atoms with Gasteiger partial charge in [-0.1, -0.05) is 67.8 Å². The molecule has 1 saturated carbocycles. The first-order chi connectivity index (χ1) is 19.0. The van der Waals surface area contributed by atoms with Gasteiger partial charge in [-0.15, -0.1) is 0 Å². The van der Waals surface area contributed by atoms with Crippen LogP contribution in [0.3, 0.4) is 0 Å². The standard InChI is InChI=1S/C34H37N3O2/c1-36(2)30-18-16-27(17-19-30)26-14-12-25(13-15-26)24-37(34(38)28-8-5-4-6-9-28)31-11-7-10-29(22-31)33-23-32(39-3)20-21-35-33/h7,10-23,28H,4-6,8-9,24H2,1-3H3. The first-order valence-electron chi connectivity index (χ1n) is 13.8. The Morgan fingerprint density at radius 2 is 1.51 bits per heavy atom. The van der Waals surface area contributed by atoms with Crippen LogP contribution in [0.2, 0.25) is 0 Å². The summed E-state index contributed by atoms with van der Waals surface area (Å²) in [6.07, 6.45) is 7.15. The van der Waals surface area contributed by atoms with Crippen LogP contribution in [0.4, 0.5) is 11.4 Å². The van der Waals surface area contributed by atoms with E-state index >= 15 is 0 Å². The SMILES string of the molecule is COc1ccnc(-c2cccc(N(Cc3ccc(-c4ccc(N(C)C)cc4)cc3)C(=O)C3CCCCC3)c2)c1. The van der Waals surface area contributed by atoms with E-state index in [4.69, 9.17) is 4.74 Å². The van der Waals surface area contributed by atoms with E-state index in [1.54, 1.807) is 13.3 Å². The fourth-order valence-corrected chi connectivity index (χ4v) is 5.33. The number of hydrogen-bond acceptors (Lipinski definition) is 4. The molecule has 0 spiro atoms. The third kappa shape index (κ3) is 6.31. The molecule has 4 aromatic rings. The Morgan fingerprint density at radius 3 is 2.18 bits per heavy atom. The van der Waals surface area contributed by atoms with Crippen molar-refractivity contribution in [3.8, 4) is 28.1 Å². The maximum atomic E-state index is 13.9. The molecule has 5 rings (SSSR count). The van der Waals surface area contributed by atoms with E-state index in [0.717, 1.165) is 53.9 Å². The van der Waals surface area contributed by atoms with Gasteiger partial charge in [0.1, 0.15) is 5.75 Å². The highest BCUT2D eigenvalue weighted by atomic mass is 16.5. The van der Waals surface area contributed by atoms with Crippen molar-refractivity contribution in [3.63, 3.8) is 0 Å². The van der Waals surface area contributed by atoms with Crippen molar-refractivity contribution in [2.75, 3.05) is 31.0 Å². The predicted octanol–water partition coefficient (Wildman–Crippen LogP) is 7.60. The number of pyridine rings is 1. The fraction of sp³-hybridized carbons (Fsp3) is 0.294. The van der Waals surface area contributed by atoms with E-state index in [0.29, 0.717) is 6.54 Å². The summed E-state index contributed by atoms with van der Waals surface area (Å²) >= 11 is 0. The predicted molar refractivity (Wildman–Crippen MR) is 160 cm³/mol. The summed E-state index contributed by atoms with van der Waals surface area (Å²) < 4.78 is 5.40. The lowest BCUT2D eigenvalue weighted by molar-refractivity contribution is -0.123. The molecule has 5 heteroatoms. The van der Waals surface area contributed by atoms with E-state index in [1.807, 2.05) is 49.3 Å². The average Bonchev–Trinajstić information content (AvgIpc) is 3.00. The lowest BCUT2D eigenvalue weighted by Gasteiger charge is -2.30. The maximum absolute atomic E-state index is 13.9. The highest BCUT2D eigenvalue weighted by Gasteiger charge is 2.27. The minimum Gasteiger partial charge on any atom is -0.497 e. The highest BCUT2D eigenvalue weighted by Crippen LogP contribution is 2.32. The van der Waals surface area contributed by atoms with Gasteiger partial charge in [-0.3, -0.25) is 9.78 Å². The van der Waals surface area contributed by atoms with E-state index < -0.39 is 0 Å². The molecule has 0 radical (unpaired) electrons. The van der Waals surface area contributed by atoms with E-state index in [1.165, 1.54) is 23.2 Å². The van der Waals surface area contributed by atoms with Gasteiger partial charge in [0.05, 0.1) is 19.3 Å². The van der Waals surface area contributed by atoms with E-state index in [2.05, 4.69) is 64.5 Å². The van der Waals surface area contributed by atoms with Crippen molar-refractivity contribution >= 4 is 17.3 Å². The number of carbonyl (C=O) groups excluding carboxylic acids is 1. The average molecular weight is 520 g/mol. The lowest BCUT2D eigenvalue weighted by Crippen LogP contribution is -2.36. The molecule has 0 bridgehead atoms. The van der Waals surface area contributed by atoms with Gasteiger partial charge < -0.3 is 14.5 Å². The number of aromatic nitrogens is 1. The van der Waals surface area contributed by atoms with Crippen molar-refractivity contribution in [1.29, 1.82) is 0 Å². The molecule has 0 aliphatic heterocycles. The number of amides is 1. The van der Waals surface area contributed by atoms with Gasteiger partial charge in [0, 0.05) is 49.2 Å². The highest BCUT2D eigenvalue weighted by molar-refractivity contribution is 5.95. The number of rotatable bonds is 8. The molecule has 39 heavy (non-hydrogen) atoms. The zero-order chi connectivity index (χ0) is 27.2. The molecule has 200 valence electrons. The molecule has 1 aliphatic carbocycles. The third-order valence-corrected chi connectivity index (χ3v) is 7.65. The molecule has 5 nitrogen and oxygen atoms in total. The largest absolute Gasteiger partial charge is 0.497 e. The summed E-state index contributed by atoms with van der Waals surface area (Å²) in [4.78, 5) is 22.5. The molecule has 3 aromatic carbocycles. The van der Waals surface area contributed by atoms with Gasteiger partial charge in [-0.25, -0.2) is 0 Å². The normalized spacial score (nSPS) is 13.6. The van der Waals surface area contributed by atoms with Crippen LogP contribution >= 0.6 is 0 Å². The first kappa shape index (κ1) is 26.5. The Labute approximate surface area is 232 Å². The molecule has 1 heterocycles. The van der Waals surface area contributed by atoms with Crippen LogP contribution in [-0.4, -0.2) is 32.1 Å². The Bertz CT molecular complexity index is 1390. The van der Waals surface area contributed by atoms with Crippen molar-refractivity contribution < 1.29 is 9.53 Å². The molecule has 1 fully saturated rings. The van der Waals surface area contributed by atoms with Gasteiger partial charge >= 0.3 is 0 Å². The molecule has 0 atom stereocenters. The van der Waals surface area contributed by atoms with Crippen LogP contribution in [0.25, 0.3) is 22.4 Å². The third-order valence-electron chi connectivity index (χ3n) is 7.65. The molecule has 0 N–H and O–H groups in total. The van der Waals surface area contributed by atoms with Crippen molar-refractivity contribution in [2.24, 2.45) is 5.92 Å². The summed E-state index contributed by atoms with van der Waals surface area (Å²) in [7, 11) is 5.75. The monoisotopic (exact) mass is 519 g/mol. The van der Waals surface area contributed by atoms with Crippen LogP contribution in [0, 0.1) is 5.92 Å². The summed E-state index contributed by atoms with van der Waals surface area (Å²) in [5.41, 5.74) is 7.32. The van der Waals surface area contributed by atoms with Gasteiger partial charge in [-0.05, 0) is 59.9 Å². The van der Waals surface area contributed by atoms with E-state index in [-0.39, 0.29) is 11.8 Å². The summed E-state index contributed by atoms with van der Waals surface area (Å²) in [5, 5.41) is 0. The molecule has 1 aromatic heterocycles. The number of nitrogens with zero attached hydrogens (tertiary/aromatic N) is 3. The second kappa shape index (κ2) is 12.2. The number of ether oxygens (including phenoxy) is 1. The first-order valence-corrected chi connectivity index (χ1v) is 13.8. The number of benzene rings is 3. The fourth-order valence-electron chi connectivity index (χ4n) is 5.33. The van der Waals surface area contributed by atoms with Crippen molar-refractivity contribution in [3.05, 3.63) is 96.7 Å². The Hall–Kier alpha value is -4.12. The topological polar surface area (TPSA) is 45.7 Å². The molecule has 0 unspecified atom stereocenters. The smallest absolute Gasteiger partial charge is 0.230 e. The number of anilines is 2. The summed E-state index contributed by atoms with van der Waals surface area (Å²) in [6.45, 7) is 0.532. The molecular weight excluding hydrogens is 482 g/mol.